The van der Waals surface area contributed by atoms with E-state index in [1.165, 1.54) is 19.3 Å². The number of hydrogen-bond acceptors (Lipinski definition) is 2. The highest BCUT2D eigenvalue weighted by Gasteiger charge is 2.15. The molecule has 0 atom stereocenters. The van der Waals surface area contributed by atoms with Crippen LogP contribution < -0.4 is 10.9 Å². The lowest BCUT2D eigenvalue weighted by molar-refractivity contribution is 0.300. The van der Waals surface area contributed by atoms with Gasteiger partial charge in [-0.1, -0.05) is 12.5 Å². The van der Waals surface area contributed by atoms with Crippen LogP contribution >= 0.6 is 0 Å². The molecule has 1 aromatic heterocycles. The Morgan fingerprint density at radius 2 is 2.27 bits per heavy atom. The Morgan fingerprint density at radius 1 is 1.40 bits per heavy atom. The van der Waals surface area contributed by atoms with Gasteiger partial charge >= 0.3 is 0 Å². The fourth-order valence-electron chi connectivity index (χ4n) is 1.85. The summed E-state index contributed by atoms with van der Waals surface area (Å²) in [4.78, 5) is 11.3. The van der Waals surface area contributed by atoms with Crippen LogP contribution in [0.3, 0.4) is 0 Å². The monoisotopic (exact) mass is 206 g/mol. The second-order valence-electron chi connectivity index (χ2n) is 4.23. The van der Waals surface area contributed by atoms with Crippen LogP contribution in [0, 0.1) is 5.92 Å². The highest BCUT2D eigenvalue weighted by Crippen LogP contribution is 2.24. The number of pyridine rings is 1. The fraction of sp³-hybridized carbons (Fsp3) is 0.583. The maximum Gasteiger partial charge on any atom is 0.250 e. The quantitative estimate of drug-likeness (QED) is 0.735. The van der Waals surface area contributed by atoms with Gasteiger partial charge in [-0.2, -0.15) is 0 Å². The Kier molecular flexibility index (Phi) is 3.56. The van der Waals surface area contributed by atoms with Crippen molar-refractivity contribution in [3.05, 3.63) is 34.7 Å². The molecule has 0 aliphatic heterocycles. The molecular formula is C12H18N2O. The van der Waals surface area contributed by atoms with Gasteiger partial charge in [0.25, 0.3) is 5.56 Å². The molecule has 0 unspecified atom stereocenters. The third-order valence-corrected chi connectivity index (χ3v) is 3.09. The Morgan fingerprint density at radius 3 is 2.93 bits per heavy atom. The lowest BCUT2D eigenvalue weighted by atomic mass is 9.85. The molecule has 1 aliphatic rings. The maximum absolute atomic E-state index is 11.3. The van der Waals surface area contributed by atoms with Crippen molar-refractivity contribution in [1.29, 1.82) is 0 Å². The van der Waals surface area contributed by atoms with Crippen LogP contribution in [-0.2, 0) is 6.54 Å². The summed E-state index contributed by atoms with van der Waals surface area (Å²) in [5, 5.41) is 3.40. The van der Waals surface area contributed by atoms with Gasteiger partial charge in [0.15, 0.2) is 0 Å². The molecule has 82 valence electrons. The van der Waals surface area contributed by atoms with Gasteiger partial charge in [0.2, 0.25) is 0 Å². The highest BCUT2D eigenvalue weighted by molar-refractivity contribution is 4.93. The summed E-state index contributed by atoms with van der Waals surface area (Å²) >= 11 is 0. The number of aromatic nitrogens is 1. The zero-order valence-electron chi connectivity index (χ0n) is 8.98. The molecule has 1 fully saturated rings. The predicted molar refractivity (Wildman–Crippen MR) is 60.9 cm³/mol. The molecule has 1 heterocycles. The predicted octanol–water partition coefficient (Wildman–Crippen LogP) is 1.24. The highest BCUT2D eigenvalue weighted by atomic mass is 16.1. The normalized spacial score (nSPS) is 16.3. The molecule has 3 heteroatoms. The second-order valence-corrected chi connectivity index (χ2v) is 4.23. The van der Waals surface area contributed by atoms with Crippen LogP contribution in [0.2, 0.25) is 0 Å². The maximum atomic E-state index is 11.3. The number of nitrogens with zero attached hydrogens (tertiary/aromatic N) is 1. The Labute approximate surface area is 90.1 Å². The summed E-state index contributed by atoms with van der Waals surface area (Å²) in [6.07, 6.45) is 5.98. The van der Waals surface area contributed by atoms with Crippen molar-refractivity contribution in [2.24, 2.45) is 5.92 Å². The first-order valence-electron chi connectivity index (χ1n) is 5.72. The standard InChI is InChI=1S/C12H18N2O/c15-12-6-1-2-8-14(12)9-7-13-10-11-4-3-5-11/h1-2,6,8,11,13H,3-5,7,9-10H2. The van der Waals surface area contributed by atoms with E-state index in [0.717, 1.165) is 25.6 Å². The molecule has 0 bridgehead atoms. The lowest BCUT2D eigenvalue weighted by Gasteiger charge is -2.25. The number of rotatable bonds is 5. The van der Waals surface area contributed by atoms with E-state index in [4.69, 9.17) is 0 Å². The van der Waals surface area contributed by atoms with Crippen LogP contribution in [0.1, 0.15) is 19.3 Å². The molecule has 3 nitrogen and oxygen atoms in total. The van der Waals surface area contributed by atoms with Crippen LogP contribution in [-0.4, -0.2) is 17.7 Å². The minimum Gasteiger partial charge on any atom is -0.315 e. The average Bonchev–Trinajstić information content (AvgIpc) is 2.17. The van der Waals surface area contributed by atoms with E-state index in [0.29, 0.717) is 0 Å². The van der Waals surface area contributed by atoms with E-state index in [2.05, 4.69) is 5.32 Å². The molecule has 1 aliphatic carbocycles. The van der Waals surface area contributed by atoms with Gasteiger partial charge in [-0.15, -0.1) is 0 Å². The average molecular weight is 206 g/mol. The summed E-state index contributed by atoms with van der Waals surface area (Å²) in [5.41, 5.74) is 0.0861. The van der Waals surface area contributed by atoms with Crippen LogP contribution in [0.4, 0.5) is 0 Å². The molecule has 0 aromatic carbocycles. The molecule has 1 aromatic rings. The van der Waals surface area contributed by atoms with Crippen molar-refractivity contribution in [2.75, 3.05) is 13.1 Å². The topological polar surface area (TPSA) is 34.0 Å². The van der Waals surface area contributed by atoms with E-state index >= 15 is 0 Å². The molecule has 1 N–H and O–H groups in total. The largest absolute Gasteiger partial charge is 0.315 e. The Bertz CT molecular complexity index is 355. The molecule has 0 radical (unpaired) electrons. The first kappa shape index (κ1) is 10.4. The van der Waals surface area contributed by atoms with Gasteiger partial charge < -0.3 is 9.88 Å². The Balaban J connectivity index is 1.69. The van der Waals surface area contributed by atoms with Crippen molar-refractivity contribution in [2.45, 2.75) is 25.8 Å². The van der Waals surface area contributed by atoms with Gasteiger partial charge in [0, 0.05) is 25.4 Å². The molecular weight excluding hydrogens is 188 g/mol. The van der Waals surface area contributed by atoms with Crippen LogP contribution in [0.15, 0.2) is 29.2 Å². The number of nitrogens with one attached hydrogen (secondary N) is 1. The first-order chi connectivity index (χ1) is 7.36. The van der Waals surface area contributed by atoms with Gasteiger partial charge in [-0.3, -0.25) is 4.79 Å². The third kappa shape index (κ3) is 2.93. The smallest absolute Gasteiger partial charge is 0.250 e. The fourth-order valence-corrected chi connectivity index (χ4v) is 1.85. The van der Waals surface area contributed by atoms with E-state index < -0.39 is 0 Å². The summed E-state index contributed by atoms with van der Waals surface area (Å²) < 4.78 is 1.74. The first-order valence-corrected chi connectivity index (χ1v) is 5.72. The van der Waals surface area contributed by atoms with E-state index in [1.54, 1.807) is 16.7 Å². The van der Waals surface area contributed by atoms with Gasteiger partial charge in [-0.25, -0.2) is 0 Å². The summed E-state index contributed by atoms with van der Waals surface area (Å²) in [6.45, 7) is 2.77. The van der Waals surface area contributed by atoms with Crippen molar-refractivity contribution in [1.82, 2.24) is 9.88 Å². The van der Waals surface area contributed by atoms with Crippen molar-refractivity contribution in [3.63, 3.8) is 0 Å². The van der Waals surface area contributed by atoms with Gasteiger partial charge in [0.1, 0.15) is 0 Å². The van der Waals surface area contributed by atoms with Crippen LogP contribution in [0.25, 0.3) is 0 Å². The minimum atomic E-state index is 0.0861. The van der Waals surface area contributed by atoms with Crippen molar-refractivity contribution < 1.29 is 0 Å². The lowest BCUT2D eigenvalue weighted by Crippen LogP contribution is -2.31. The summed E-state index contributed by atoms with van der Waals surface area (Å²) in [6, 6.07) is 5.28. The minimum absolute atomic E-state index is 0.0861. The molecule has 0 saturated heterocycles. The zero-order chi connectivity index (χ0) is 10.5. The molecule has 1 saturated carbocycles. The van der Waals surface area contributed by atoms with Gasteiger partial charge in [0.05, 0.1) is 0 Å². The number of hydrogen-bond donors (Lipinski definition) is 1. The Hall–Kier alpha value is -1.09. The molecule has 0 amide bonds. The molecule has 2 rings (SSSR count). The third-order valence-electron chi connectivity index (χ3n) is 3.09. The van der Waals surface area contributed by atoms with E-state index in [-0.39, 0.29) is 5.56 Å². The van der Waals surface area contributed by atoms with Crippen LogP contribution in [0.5, 0.6) is 0 Å². The second kappa shape index (κ2) is 5.12. The SMILES string of the molecule is O=c1ccccn1CCNCC1CCC1. The summed E-state index contributed by atoms with van der Waals surface area (Å²) in [5.74, 6) is 0.887. The molecule has 0 spiro atoms. The van der Waals surface area contributed by atoms with E-state index in [1.807, 2.05) is 12.3 Å². The van der Waals surface area contributed by atoms with Gasteiger partial charge in [-0.05, 0) is 31.4 Å². The van der Waals surface area contributed by atoms with Crippen molar-refractivity contribution >= 4 is 0 Å². The van der Waals surface area contributed by atoms with Crippen molar-refractivity contribution in [3.8, 4) is 0 Å². The zero-order valence-corrected chi connectivity index (χ0v) is 8.98. The summed E-state index contributed by atoms with van der Waals surface area (Å²) in [7, 11) is 0. The van der Waals surface area contributed by atoms with E-state index in [9.17, 15) is 4.79 Å². The molecule has 15 heavy (non-hydrogen) atoms.